The number of rotatable bonds is 5. The lowest BCUT2D eigenvalue weighted by atomic mass is 10.1. The predicted molar refractivity (Wildman–Crippen MR) is 78.1 cm³/mol. The number of nitrogens with zero attached hydrogens (tertiary/aromatic N) is 1. The number of halogens is 1. The minimum Gasteiger partial charge on any atom is -0.450 e. The van der Waals surface area contributed by atoms with Crippen LogP contribution in [0.15, 0.2) is 46.9 Å². The summed E-state index contributed by atoms with van der Waals surface area (Å²) >= 11 is 3.20. The van der Waals surface area contributed by atoms with Gasteiger partial charge in [-0.15, -0.1) is 0 Å². The van der Waals surface area contributed by atoms with Crippen LogP contribution in [0.25, 0.3) is 0 Å². The van der Waals surface area contributed by atoms with Crippen LogP contribution >= 0.6 is 15.9 Å². The number of ether oxygens (including phenoxy) is 1. The zero-order valence-corrected chi connectivity index (χ0v) is 12.0. The molecule has 5 nitrogen and oxygen atoms in total. The first-order valence-electron chi connectivity index (χ1n) is 5.92. The molecular formula is C14H12BrNO4. The van der Waals surface area contributed by atoms with Crippen LogP contribution in [0.4, 0.5) is 5.69 Å². The van der Waals surface area contributed by atoms with Gasteiger partial charge in [-0.05, 0) is 30.2 Å². The fourth-order valence-corrected chi connectivity index (χ4v) is 2.12. The smallest absolute Gasteiger partial charge is 0.312 e. The quantitative estimate of drug-likeness (QED) is 0.667. The molecule has 0 spiro atoms. The number of para-hydroxylation sites is 1. The molecule has 0 bridgehead atoms. The number of aliphatic hydroxyl groups is 1. The Hall–Kier alpha value is -1.92. The molecule has 2 aromatic carbocycles. The summed E-state index contributed by atoms with van der Waals surface area (Å²) in [5.41, 5.74) is 0.686. The molecule has 0 radical (unpaired) electrons. The average Bonchev–Trinajstić information content (AvgIpc) is 2.43. The molecule has 0 fully saturated rings. The third kappa shape index (κ3) is 3.34. The van der Waals surface area contributed by atoms with Crippen LogP contribution in [0.2, 0.25) is 0 Å². The molecule has 0 aliphatic carbocycles. The highest BCUT2D eigenvalue weighted by Crippen LogP contribution is 2.34. The molecule has 2 aromatic rings. The van der Waals surface area contributed by atoms with Crippen LogP contribution in [0.3, 0.4) is 0 Å². The Morgan fingerprint density at radius 2 is 1.95 bits per heavy atom. The summed E-state index contributed by atoms with van der Waals surface area (Å²) in [6, 6.07) is 11.8. The van der Waals surface area contributed by atoms with Gasteiger partial charge in [0.2, 0.25) is 5.75 Å². The predicted octanol–water partition coefficient (Wildman–Crippen LogP) is 3.68. The average molecular weight is 338 g/mol. The minimum atomic E-state index is -0.491. The van der Waals surface area contributed by atoms with Crippen molar-refractivity contribution in [1.29, 1.82) is 0 Å². The van der Waals surface area contributed by atoms with Crippen LogP contribution in [0, 0.1) is 10.1 Å². The Kier molecular flexibility index (Phi) is 4.70. The monoisotopic (exact) mass is 337 g/mol. The lowest BCUT2D eigenvalue weighted by Gasteiger charge is -2.10. The van der Waals surface area contributed by atoms with Crippen molar-refractivity contribution in [2.24, 2.45) is 0 Å². The van der Waals surface area contributed by atoms with Gasteiger partial charge in [-0.2, -0.15) is 0 Å². The van der Waals surface area contributed by atoms with Crippen molar-refractivity contribution in [3.05, 3.63) is 62.6 Å². The van der Waals surface area contributed by atoms with Crippen LogP contribution in [0.1, 0.15) is 5.56 Å². The number of aliphatic hydroxyl groups excluding tert-OH is 1. The van der Waals surface area contributed by atoms with Crippen molar-refractivity contribution in [2.75, 3.05) is 6.61 Å². The van der Waals surface area contributed by atoms with Crippen molar-refractivity contribution in [3.63, 3.8) is 0 Å². The number of hydrogen-bond acceptors (Lipinski definition) is 4. The van der Waals surface area contributed by atoms with Crippen LogP contribution in [0.5, 0.6) is 11.5 Å². The third-order valence-electron chi connectivity index (χ3n) is 2.69. The van der Waals surface area contributed by atoms with E-state index in [2.05, 4.69) is 15.9 Å². The molecule has 0 unspecified atom stereocenters. The summed E-state index contributed by atoms with van der Waals surface area (Å²) < 4.78 is 6.25. The van der Waals surface area contributed by atoms with Crippen molar-refractivity contribution in [3.8, 4) is 11.5 Å². The van der Waals surface area contributed by atoms with Gasteiger partial charge in [0.1, 0.15) is 5.75 Å². The summed E-state index contributed by atoms with van der Waals surface area (Å²) in [5, 5.41) is 20.1. The fourth-order valence-electron chi connectivity index (χ4n) is 1.77. The maximum Gasteiger partial charge on any atom is 0.312 e. The Bertz CT molecular complexity index is 630. The van der Waals surface area contributed by atoms with Gasteiger partial charge in [-0.3, -0.25) is 10.1 Å². The maximum atomic E-state index is 11.0. The largest absolute Gasteiger partial charge is 0.450 e. The number of nitro benzene ring substituents is 1. The van der Waals surface area contributed by atoms with Gasteiger partial charge in [-0.1, -0.05) is 34.1 Å². The van der Waals surface area contributed by atoms with Gasteiger partial charge in [0.05, 0.1) is 4.92 Å². The molecule has 0 heterocycles. The third-order valence-corrected chi connectivity index (χ3v) is 3.18. The molecule has 0 amide bonds. The van der Waals surface area contributed by atoms with E-state index in [4.69, 9.17) is 9.84 Å². The van der Waals surface area contributed by atoms with Crippen LogP contribution < -0.4 is 4.74 Å². The highest BCUT2D eigenvalue weighted by atomic mass is 79.9. The van der Waals surface area contributed by atoms with E-state index < -0.39 is 4.92 Å². The molecule has 0 aliphatic rings. The highest BCUT2D eigenvalue weighted by molar-refractivity contribution is 9.10. The van der Waals surface area contributed by atoms with E-state index in [0.717, 1.165) is 5.56 Å². The molecule has 6 heteroatoms. The first-order chi connectivity index (χ1) is 9.61. The lowest BCUT2D eigenvalue weighted by Crippen LogP contribution is -1.97. The topological polar surface area (TPSA) is 72.6 Å². The first-order valence-corrected chi connectivity index (χ1v) is 6.71. The van der Waals surface area contributed by atoms with E-state index in [1.165, 1.54) is 12.1 Å². The zero-order valence-electron chi connectivity index (χ0n) is 10.5. The van der Waals surface area contributed by atoms with Crippen molar-refractivity contribution in [1.82, 2.24) is 0 Å². The number of hydrogen-bond donors (Lipinski definition) is 1. The van der Waals surface area contributed by atoms with E-state index in [1.807, 2.05) is 12.1 Å². The number of nitro groups is 1. The second kappa shape index (κ2) is 6.49. The maximum absolute atomic E-state index is 11.0. The fraction of sp³-hybridized carbons (Fsp3) is 0.143. The van der Waals surface area contributed by atoms with E-state index >= 15 is 0 Å². The van der Waals surface area contributed by atoms with Gasteiger partial charge >= 0.3 is 5.69 Å². The molecule has 0 aromatic heterocycles. The molecule has 20 heavy (non-hydrogen) atoms. The summed E-state index contributed by atoms with van der Waals surface area (Å²) in [5.74, 6) is 0.676. The first kappa shape index (κ1) is 14.5. The number of benzene rings is 2. The summed E-state index contributed by atoms with van der Waals surface area (Å²) in [7, 11) is 0. The van der Waals surface area contributed by atoms with Crippen LogP contribution in [-0.2, 0) is 6.42 Å². The standard InChI is InChI=1S/C14H12BrNO4/c15-11-5-6-14(12(9-11)16(18)19)20-13-4-2-1-3-10(13)7-8-17/h1-6,9,17H,7-8H2. The van der Waals surface area contributed by atoms with E-state index in [0.29, 0.717) is 16.6 Å². The van der Waals surface area contributed by atoms with Crippen molar-refractivity contribution >= 4 is 21.6 Å². The Morgan fingerprint density at radius 1 is 1.20 bits per heavy atom. The Labute approximate surface area is 124 Å². The van der Waals surface area contributed by atoms with E-state index in [-0.39, 0.29) is 18.0 Å². The second-order valence-electron chi connectivity index (χ2n) is 4.05. The van der Waals surface area contributed by atoms with Gasteiger partial charge in [0, 0.05) is 17.1 Å². The summed E-state index contributed by atoms with van der Waals surface area (Å²) in [6.07, 6.45) is 0.431. The molecule has 1 N–H and O–H groups in total. The molecule has 0 saturated heterocycles. The van der Waals surface area contributed by atoms with Gasteiger partial charge in [0.25, 0.3) is 0 Å². The van der Waals surface area contributed by atoms with Crippen LogP contribution in [-0.4, -0.2) is 16.6 Å². The Morgan fingerprint density at radius 3 is 2.65 bits per heavy atom. The minimum absolute atomic E-state index is 0.0111. The van der Waals surface area contributed by atoms with Gasteiger partial charge in [0.15, 0.2) is 0 Å². The molecule has 0 aliphatic heterocycles. The second-order valence-corrected chi connectivity index (χ2v) is 4.97. The molecule has 2 rings (SSSR count). The summed E-state index contributed by atoms with van der Waals surface area (Å²) in [6.45, 7) is -0.0111. The molecular weight excluding hydrogens is 326 g/mol. The lowest BCUT2D eigenvalue weighted by molar-refractivity contribution is -0.385. The summed E-state index contributed by atoms with van der Waals surface area (Å²) in [4.78, 5) is 10.5. The molecule has 0 atom stereocenters. The normalized spacial score (nSPS) is 10.3. The van der Waals surface area contributed by atoms with Gasteiger partial charge < -0.3 is 9.84 Å². The molecule has 104 valence electrons. The van der Waals surface area contributed by atoms with Gasteiger partial charge in [-0.25, -0.2) is 0 Å². The highest BCUT2D eigenvalue weighted by Gasteiger charge is 2.17. The van der Waals surface area contributed by atoms with Crippen molar-refractivity contribution < 1.29 is 14.8 Å². The van der Waals surface area contributed by atoms with E-state index in [9.17, 15) is 10.1 Å². The SMILES string of the molecule is O=[N+]([O-])c1cc(Br)ccc1Oc1ccccc1CCO. The molecule has 0 saturated carbocycles. The van der Waals surface area contributed by atoms with Crippen molar-refractivity contribution in [2.45, 2.75) is 6.42 Å². The van der Waals surface area contributed by atoms with E-state index in [1.54, 1.807) is 18.2 Å². The zero-order chi connectivity index (χ0) is 14.5. The Balaban J connectivity index is 2.37.